The third kappa shape index (κ3) is 4.39. The number of rotatable bonds is 4. The van der Waals surface area contributed by atoms with Crippen LogP contribution in [0, 0.1) is 0 Å². The van der Waals surface area contributed by atoms with Gasteiger partial charge in [0.2, 0.25) is 10.0 Å². The van der Waals surface area contributed by atoms with Crippen molar-refractivity contribution < 1.29 is 45.9 Å². The topological polar surface area (TPSA) is 220 Å². The van der Waals surface area contributed by atoms with Crippen LogP contribution in [0.15, 0.2) is 0 Å². The minimum absolute atomic E-state index is 0.298. The van der Waals surface area contributed by atoms with Gasteiger partial charge >= 0.3 is 34.4 Å². The Morgan fingerprint density at radius 3 is 1.96 bits per heavy atom. The average molecular weight is 442 g/mol. The third-order valence-electron chi connectivity index (χ3n) is 3.53. The van der Waals surface area contributed by atoms with Crippen LogP contribution < -0.4 is 14.8 Å². The summed E-state index contributed by atoms with van der Waals surface area (Å²) >= 11 is 0. The van der Waals surface area contributed by atoms with Gasteiger partial charge in [-0.2, -0.15) is 8.42 Å². The first-order valence-corrected chi connectivity index (χ1v) is 10.5. The molecule has 156 valence electrons. The lowest BCUT2D eigenvalue weighted by atomic mass is 10.1. The molecule has 2 aliphatic heterocycles. The maximum absolute atomic E-state index is 11.9. The molecule has 0 saturated carbocycles. The van der Waals surface area contributed by atoms with Gasteiger partial charge in [0.1, 0.15) is 6.04 Å². The quantitative estimate of drug-likeness (QED) is 0.320. The van der Waals surface area contributed by atoms with Gasteiger partial charge in [0.15, 0.2) is 0 Å². The summed E-state index contributed by atoms with van der Waals surface area (Å²) in [6, 6.07) is -5.47. The molecule has 18 heteroatoms. The predicted molar refractivity (Wildman–Crippen MR) is 86.3 cm³/mol. The highest BCUT2D eigenvalue weighted by Gasteiger charge is 2.44. The molecule has 0 spiro atoms. The van der Waals surface area contributed by atoms with Gasteiger partial charge in [0, 0.05) is 0 Å². The Morgan fingerprint density at radius 2 is 1.54 bits per heavy atom. The van der Waals surface area contributed by atoms with Gasteiger partial charge in [-0.15, -0.1) is 0 Å². The van der Waals surface area contributed by atoms with Gasteiger partial charge in [-0.05, 0) is 0 Å². The molecule has 0 aromatic rings. The van der Waals surface area contributed by atoms with E-state index in [1.807, 2.05) is 0 Å². The maximum atomic E-state index is 11.9. The second kappa shape index (κ2) is 7.11. The number of nitrogens with zero attached hydrogens (tertiary/aromatic N) is 3. The first-order valence-electron chi connectivity index (χ1n) is 7.21. The lowest BCUT2D eigenvalue weighted by Gasteiger charge is -2.35. The van der Waals surface area contributed by atoms with Gasteiger partial charge < -0.3 is 10.4 Å². The van der Waals surface area contributed by atoms with Crippen LogP contribution in [-0.4, -0.2) is 98.1 Å². The van der Waals surface area contributed by atoms with Crippen LogP contribution >= 0.6 is 0 Å². The highest BCUT2D eigenvalue weighted by molar-refractivity contribution is 7.89. The molecule has 16 nitrogen and oxygen atoms in total. The van der Waals surface area contributed by atoms with E-state index in [1.54, 1.807) is 5.32 Å². The zero-order valence-electron chi connectivity index (χ0n) is 14.0. The van der Waals surface area contributed by atoms with Crippen LogP contribution in [0.2, 0.25) is 0 Å². The molecule has 0 aromatic heterocycles. The number of amides is 8. The van der Waals surface area contributed by atoms with Crippen LogP contribution in [0.5, 0.6) is 0 Å². The maximum Gasteiger partial charge on any atom is 0.405 e. The first-order chi connectivity index (χ1) is 12.7. The number of likely N-dealkylation sites (tertiary alicyclic amines) is 1. The number of nitrogens with one attached hydrogen (secondary N) is 3. The summed E-state index contributed by atoms with van der Waals surface area (Å²) in [5.41, 5.74) is 0. The van der Waals surface area contributed by atoms with Gasteiger partial charge in [-0.25, -0.2) is 46.2 Å². The predicted octanol–water partition coefficient (Wildman–Crippen LogP) is -3.17. The number of imide groups is 2. The molecule has 0 radical (unpaired) electrons. The second-order valence-corrected chi connectivity index (χ2v) is 8.86. The van der Waals surface area contributed by atoms with E-state index in [2.05, 4.69) is 0 Å². The minimum atomic E-state index is -4.87. The van der Waals surface area contributed by atoms with Gasteiger partial charge in [-0.1, -0.05) is 0 Å². The summed E-state index contributed by atoms with van der Waals surface area (Å²) in [7, 11) is -8.83. The summed E-state index contributed by atoms with van der Waals surface area (Å²) in [4.78, 5) is 58.2. The first kappa shape index (κ1) is 21.2. The van der Waals surface area contributed by atoms with Crippen molar-refractivity contribution in [3.05, 3.63) is 0 Å². The number of β-lactam (4-membered cyclic amide) rings is 1. The van der Waals surface area contributed by atoms with E-state index >= 15 is 0 Å². The molecular weight excluding hydrogens is 428 g/mol. The third-order valence-corrected chi connectivity index (χ3v) is 5.56. The van der Waals surface area contributed by atoms with Gasteiger partial charge in [0.25, 0.3) is 5.91 Å². The Labute approximate surface area is 157 Å². The van der Waals surface area contributed by atoms with E-state index in [0.29, 0.717) is 14.1 Å². The number of hydrogen-bond donors (Lipinski definition) is 4. The van der Waals surface area contributed by atoms with Gasteiger partial charge in [-0.3, -0.25) is 9.69 Å². The molecule has 2 saturated heterocycles. The average Bonchev–Trinajstić information content (AvgIpc) is 2.91. The van der Waals surface area contributed by atoms with Crippen LogP contribution in [-0.2, 0) is 25.0 Å². The molecule has 0 bridgehead atoms. The van der Waals surface area contributed by atoms with Crippen LogP contribution in [0.4, 0.5) is 19.2 Å². The van der Waals surface area contributed by atoms with E-state index in [0.717, 1.165) is 6.26 Å². The van der Waals surface area contributed by atoms with Crippen molar-refractivity contribution in [1.29, 1.82) is 0 Å². The van der Waals surface area contributed by atoms with E-state index in [9.17, 15) is 40.8 Å². The molecule has 8 amide bonds. The molecule has 0 aliphatic carbocycles. The summed E-state index contributed by atoms with van der Waals surface area (Å²) in [5, 5.41) is 10.3. The zero-order chi connectivity index (χ0) is 21.4. The second-order valence-electron chi connectivity index (χ2n) is 5.54. The standard InChI is InChI=1S/C10H14N6O10S2/c1-27(23,24)16-3-2-14(10(16)22)7(18)12-28(25,26)13-8(19)15-4-5(6(15)17)11-9(20)21/h5,11H,2-4H2,1H3,(H,12,18)(H,13,19)(H,20,21). The Kier molecular flexibility index (Phi) is 5.37. The van der Waals surface area contributed by atoms with E-state index < -0.39 is 69.5 Å². The Morgan fingerprint density at radius 1 is 1.00 bits per heavy atom. The normalized spacial score (nSPS) is 19.9. The summed E-state index contributed by atoms with van der Waals surface area (Å²) < 4.78 is 49.4. The van der Waals surface area contributed by atoms with E-state index in [1.165, 1.54) is 9.44 Å². The van der Waals surface area contributed by atoms with Crippen LogP contribution in [0.1, 0.15) is 0 Å². The smallest absolute Gasteiger partial charge is 0.405 e. The van der Waals surface area contributed by atoms with Crippen molar-refractivity contribution in [2.45, 2.75) is 6.04 Å². The summed E-state index contributed by atoms with van der Waals surface area (Å²) in [6.07, 6.45) is -0.795. The molecule has 2 fully saturated rings. The summed E-state index contributed by atoms with van der Waals surface area (Å²) in [5.74, 6) is -1.01. The Hall–Kier alpha value is -3.15. The molecular formula is C10H14N6O10S2. The Bertz CT molecular complexity index is 959. The van der Waals surface area contributed by atoms with Crippen molar-refractivity contribution in [3.63, 3.8) is 0 Å². The number of hydrogen-bond acceptors (Lipinski definition) is 9. The number of urea groups is 3. The SMILES string of the molecule is CS(=O)(=O)N1CCN(C(=O)NS(=O)(=O)NC(=O)N2CC(NC(=O)O)C2=O)C1=O. The lowest BCUT2D eigenvalue weighted by Crippen LogP contribution is -2.67. The van der Waals surface area contributed by atoms with Crippen molar-refractivity contribution in [1.82, 2.24) is 28.9 Å². The van der Waals surface area contributed by atoms with Gasteiger partial charge in [0.05, 0.1) is 25.9 Å². The lowest BCUT2D eigenvalue weighted by molar-refractivity contribution is -0.138. The molecule has 2 aliphatic rings. The molecule has 4 N–H and O–H groups in total. The number of sulfonamides is 1. The van der Waals surface area contributed by atoms with Crippen molar-refractivity contribution in [2.75, 3.05) is 25.9 Å². The molecule has 1 unspecified atom stereocenters. The van der Waals surface area contributed by atoms with Crippen LogP contribution in [0.25, 0.3) is 0 Å². The largest absolute Gasteiger partial charge is 0.465 e. The fraction of sp³-hybridized carbons (Fsp3) is 0.500. The fourth-order valence-electron chi connectivity index (χ4n) is 2.24. The molecule has 2 heterocycles. The molecule has 1 atom stereocenters. The zero-order valence-corrected chi connectivity index (χ0v) is 15.6. The minimum Gasteiger partial charge on any atom is -0.465 e. The van der Waals surface area contributed by atoms with Crippen molar-refractivity contribution in [2.24, 2.45) is 0 Å². The number of carboxylic acid groups (broad SMARTS) is 1. The number of carbonyl (C=O) groups is 5. The summed E-state index contributed by atoms with van der Waals surface area (Å²) in [6.45, 7) is -1.24. The highest BCUT2D eigenvalue weighted by atomic mass is 32.2. The van der Waals surface area contributed by atoms with Crippen molar-refractivity contribution in [3.8, 4) is 0 Å². The van der Waals surface area contributed by atoms with E-state index in [-0.39, 0.29) is 6.54 Å². The monoisotopic (exact) mass is 442 g/mol. The van der Waals surface area contributed by atoms with Crippen LogP contribution in [0.3, 0.4) is 0 Å². The Balaban J connectivity index is 1.95. The molecule has 28 heavy (non-hydrogen) atoms. The number of carbonyl (C=O) groups excluding carboxylic acids is 4. The molecule has 2 rings (SSSR count). The molecule has 0 aromatic carbocycles. The highest BCUT2D eigenvalue weighted by Crippen LogP contribution is 2.13. The van der Waals surface area contributed by atoms with E-state index in [4.69, 9.17) is 5.11 Å². The fourth-order valence-corrected chi connectivity index (χ4v) is 3.77. The van der Waals surface area contributed by atoms with Crippen molar-refractivity contribution >= 4 is 50.3 Å².